The lowest BCUT2D eigenvalue weighted by Crippen LogP contribution is -2.41. The molecule has 1 N–H and O–H groups in total. The highest BCUT2D eigenvalue weighted by atomic mass is 35.5. The Morgan fingerprint density at radius 1 is 1.22 bits per heavy atom. The number of nitrogens with one attached hydrogen (secondary N) is 1. The molecule has 0 unspecified atom stereocenters. The molecule has 1 aliphatic rings. The van der Waals surface area contributed by atoms with Crippen LogP contribution in [0.1, 0.15) is 32.7 Å². The van der Waals surface area contributed by atoms with Crippen LogP contribution in [0, 0.1) is 5.92 Å². The van der Waals surface area contributed by atoms with Crippen molar-refractivity contribution in [3.8, 4) is 0 Å². The Labute approximate surface area is 164 Å². The predicted molar refractivity (Wildman–Crippen MR) is 104 cm³/mol. The molecule has 0 aliphatic carbocycles. The first-order chi connectivity index (χ1) is 12.8. The summed E-state index contributed by atoms with van der Waals surface area (Å²) in [6.07, 6.45) is 4.04. The van der Waals surface area contributed by atoms with Crippen LogP contribution in [-0.4, -0.2) is 41.3 Å². The van der Waals surface area contributed by atoms with Crippen LogP contribution in [0.4, 0.5) is 5.69 Å². The van der Waals surface area contributed by atoms with Gasteiger partial charge in [0.15, 0.2) is 5.03 Å². The summed E-state index contributed by atoms with van der Waals surface area (Å²) >= 11 is 5.84. The van der Waals surface area contributed by atoms with Gasteiger partial charge in [-0.05, 0) is 51.0 Å². The van der Waals surface area contributed by atoms with Crippen molar-refractivity contribution in [2.24, 2.45) is 5.92 Å². The van der Waals surface area contributed by atoms with Gasteiger partial charge < -0.3 is 9.88 Å². The van der Waals surface area contributed by atoms with E-state index in [2.05, 4.69) is 10.3 Å². The largest absolute Gasteiger partial charge is 0.334 e. The summed E-state index contributed by atoms with van der Waals surface area (Å²) in [6.45, 7) is 4.52. The van der Waals surface area contributed by atoms with E-state index in [1.165, 1.54) is 10.6 Å². The average molecular weight is 411 g/mol. The molecular formula is C18H23ClN4O3S. The molecule has 7 nitrogen and oxygen atoms in total. The van der Waals surface area contributed by atoms with Gasteiger partial charge in [0.05, 0.1) is 6.33 Å². The number of anilines is 1. The lowest BCUT2D eigenvalue weighted by Gasteiger charge is -2.29. The fraction of sp³-hybridized carbons (Fsp3) is 0.444. The van der Waals surface area contributed by atoms with Gasteiger partial charge in [0, 0.05) is 42.0 Å². The zero-order chi connectivity index (χ0) is 19.6. The molecule has 3 rings (SSSR count). The Kier molecular flexibility index (Phi) is 5.88. The summed E-state index contributed by atoms with van der Waals surface area (Å²) in [5.41, 5.74) is 0.679. The second-order valence-corrected chi connectivity index (χ2v) is 9.25. The highest BCUT2D eigenvalue weighted by Crippen LogP contribution is 2.25. The van der Waals surface area contributed by atoms with Crippen LogP contribution < -0.4 is 5.32 Å². The van der Waals surface area contributed by atoms with Gasteiger partial charge in [0.1, 0.15) is 0 Å². The number of benzene rings is 1. The first-order valence-electron chi connectivity index (χ1n) is 8.87. The number of nitrogens with zero attached hydrogens (tertiary/aromatic N) is 3. The quantitative estimate of drug-likeness (QED) is 0.820. The molecule has 1 amide bonds. The van der Waals surface area contributed by atoms with Gasteiger partial charge in [-0.1, -0.05) is 11.6 Å². The average Bonchev–Trinajstić information content (AvgIpc) is 3.15. The smallest absolute Gasteiger partial charge is 0.262 e. The topological polar surface area (TPSA) is 84.3 Å². The first-order valence-corrected chi connectivity index (χ1v) is 10.7. The van der Waals surface area contributed by atoms with Crippen LogP contribution in [0.3, 0.4) is 0 Å². The van der Waals surface area contributed by atoms with E-state index in [9.17, 15) is 13.2 Å². The molecule has 1 aromatic carbocycles. The maximum atomic E-state index is 12.8. The van der Waals surface area contributed by atoms with E-state index in [1.807, 2.05) is 13.8 Å². The van der Waals surface area contributed by atoms with Crippen LogP contribution in [0.15, 0.2) is 41.8 Å². The number of halogens is 1. The molecule has 27 heavy (non-hydrogen) atoms. The second-order valence-electron chi connectivity index (χ2n) is 6.93. The lowest BCUT2D eigenvalue weighted by atomic mass is 9.97. The second kappa shape index (κ2) is 8.00. The third kappa shape index (κ3) is 4.51. The fourth-order valence-electron chi connectivity index (χ4n) is 3.00. The number of carbonyl (C=O) groups is 1. The molecule has 0 bridgehead atoms. The minimum atomic E-state index is -3.63. The predicted octanol–water partition coefficient (Wildman–Crippen LogP) is 3.16. The van der Waals surface area contributed by atoms with Crippen molar-refractivity contribution in [1.29, 1.82) is 0 Å². The van der Waals surface area contributed by atoms with Crippen molar-refractivity contribution in [3.05, 3.63) is 41.8 Å². The van der Waals surface area contributed by atoms with Crippen molar-refractivity contribution < 1.29 is 13.2 Å². The van der Waals surface area contributed by atoms with Gasteiger partial charge in [0.2, 0.25) is 5.91 Å². The van der Waals surface area contributed by atoms with E-state index in [0.717, 1.165) is 0 Å². The van der Waals surface area contributed by atoms with Gasteiger partial charge in [-0.15, -0.1) is 0 Å². The molecule has 2 heterocycles. The Bertz CT molecular complexity index is 901. The van der Waals surface area contributed by atoms with E-state index in [0.29, 0.717) is 36.6 Å². The van der Waals surface area contributed by atoms with Crippen molar-refractivity contribution in [2.75, 3.05) is 18.4 Å². The maximum Gasteiger partial charge on any atom is 0.262 e. The highest BCUT2D eigenvalue weighted by molar-refractivity contribution is 7.89. The van der Waals surface area contributed by atoms with Gasteiger partial charge >= 0.3 is 0 Å². The molecule has 9 heteroatoms. The molecule has 0 radical (unpaired) electrons. The molecule has 0 spiro atoms. The molecule has 1 aliphatic heterocycles. The van der Waals surface area contributed by atoms with Crippen LogP contribution in [0.2, 0.25) is 5.02 Å². The molecule has 1 aromatic heterocycles. The van der Waals surface area contributed by atoms with Gasteiger partial charge in [0.25, 0.3) is 10.0 Å². The molecular weight excluding hydrogens is 388 g/mol. The molecule has 146 valence electrons. The normalized spacial score (nSPS) is 16.6. The summed E-state index contributed by atoms with van der Waals surface area (Å²) < 4.78 is 28.7. The maximum absolute atomic E-state index is 12.8. The SMILES string of the molecule is CC(C)n1cnc(S(=O)(=O)N2CCC(C(=O)Nc3ccc(Cl)cc3)CC2)c1. The molecule has 2 aromatic rings. The number of amides is 1. The number of piperidine rings is 1. The summed E-state index contributed by atoms with van der Waals surface area (Å²) in [6, 6.07) is 7.05. The van der Waals surface area contributed by atoms with E-state index in [-0.39, 0.29) is 22.9 Å². The third-order valence-corrected chi connectivity index (χ3v) is 6.75. The highest BCUT2D eigenvalue weighted by Gasteiger charge is 2.33. The number of imidazole rings is 1. The van der Waals surface area contributed by atoms with Crippen LogP contribution in [0.25, 0.3) is 0 Å². The fourth-order valence-corrected chi connectivity index (χ4v) is 4.52. The lowest BCUT2D eigenvalue weighted by molar-refractivity contribution is -0.120. The number of sulfonamides is 1. The summed E-state index contributed by atoms with van der Waals surface area (Å²) in [7, 11) is -3.63. The summed E-state index contributed by atoms with van der Waals surface area (Å²) in [5, 5.41) is 3.52. The number of carbonyl (C=O) groups excluding carboxylic acids is 1. The minimum Gasteiger partial charge on any atom is -0.334 e. The zero-order valence-electron chi connectivity index (χ0n) is 15.3. The number of aromatic nitrogens is 2. The van der Waals surface area contributed by atoms with Gasteiger partial charge in [-0.2, -0.15) is 4.31 Å². The van der Waals surface area contributed by atoms with E-state index in [4.69, 9.17) is 11.6 Å². The molecule has 1 saturated heterocycles. The Hall–Kier alpha value is -1.90. The Morgan fingerprint density at radius 2 is 1.85 bits per heavy atom. The van der Waals surface area contributed by atoms with Gasteiger partial charge in [-0.25, -0.2) is 13.4 Å². The Morgan fingerprint density at radius 3 is 2.41 bits per heavy atom. The van der Waals surface area contributed by atoms with Crippen molar-refractivity contribution in [3.63, 3.8) is 0 Å². The summed E-state index contributed by atoms with van der Waals surface area (Å²) in [5.74, 6) is -0.321. The first kappa shape index (κ1) is 19.9. The minimum absolute atomic E-state index is 0.0558. The van der Waals surface area contributed by atoms with E-state index < -0.39 is 10.0 Å². The van der Waals surface area contributed by atoms with Gasteiger partial charge in [-0.3, -0.25) is 4.79 Å². The van der Waals surface area contributed by atoms with E-state index >= 15 is 0 Å². The Balaban J connectivity index is 1.60. The monoisotopic (exact) mass is 410 g/mol. The molecule has 0 saturated carbocycles. The number of rotatable bonds is 5. The third-order valence-electron chi connectivity index (χ3n) is 4.71. The molecule has 1 fully saturated rings. The van der Waals surface area contributed by atoms with Crippen LogP contribution >= 0.6 is 11.6 Å². The standard InChI is InChI=1S/C18H23ClN4O3S/c1-13(2)22-11-17(20-12-22)27(25,26)23-9-7-14(8-10-23)18(24)21-16-5-3-15(19)4-6-16/h3-6,11-14H,7-10H2,1-2H3,(H,21,24). The zero-order valence-corrected chi connectivity index (χ0v) is 16.9. The van der Waals surface area contributed by atoms with Crippen LogP contribution in [0.5, 0.6) is 0 Å². The van der Waals surface area contributed by atoms with E-state index in [1.54, 1.807) is 35.0 Å². The molecule has 0 atom stereocenters. The van der Waals surface area contributed by atoms with Crippen molar-refractivity contribution >= 4 is 33.2 Å². The summed E-state index contributed by atoms with van der Waals surface area (Å²) in [4.78, 5) is 16.5. The van der Waals surface area contributed by atoms with Crippen LogP contribution in [-0.2, 0) is 14.8 Å². The van der Waals surface area contributed by atoms with Crippen molar-refractivity contribution in [1.82, 2.24) is 13.9 Å². The van der Waals surface area contributed by atoms with Crippen molar-refractivity contribution in [2.45, 2.75) is 37.8 Å². The number of hydrogen-bond donors (Lipinski definition) is 1. The number of hydrogen-bond acceptors (Lipinski definition) is 4.